The molecule has 3 rings (SSSR count). The van der Waals surface area contributed by atoms with Crippen molar-refractivity contribution in [1.29, 1.82) is 0 Å². The molecular weight excluding hydrogens is 362 g/mol. The number of allylic oxidation sites excluding steroid dienone is 1. The third-order valence-electron chi connectivity index (χ3n) is 3.92. The van der Waals surface area contributed by atoms with E-state index in [2.05, 4.69) is 53.2 Å². The third-order valence-corrected chi connectivity index (χ3v) is 6.28. The molecule has 0 bridgehead atoms. The van der Waals surface area contributed by atoms with Crippen molar-refractivity contribution in [3.05, 3.63) is 45.8 Å². The first-order valence-electron chi connectivity index (χ1n) is 8.28. The Morgan fingerprint density at radius 3 is 2.19 bits per heavy atom. The van der Waals surface area contributed by atoms with Crippen LogP contribution >= 0.6 is 23.1 Å². The monoisotopic (exact) mass is 386 g/mol. The van der Waals surface area contributed by atoms with Crippen LogP contribution in [0, 0.1) is 0 Å². The zero-order valence-electron chi connectivity index (χ0n) is 16.0. The number of benzene rings is 1. The van der Waals surface area contributed by atoms with Crippen LogP contribution in [0.15, 0.2) is 40.4 Å². The van der Waals surface area contributed by atoms with Gasteiger partial charge >= 0.3 is 5.17 Å². The van der Waals surface area contributed by atoms with Gasteiger partial charge in [0.05, 0.1) is 23.9 Å². The van der Waals surface area contributed by atoms with Crippen molar-refractivity contribution >= 4 is 50.9 Å². The Morgan fingerprint density at radius 1 is 1.00 bits per heavy atom. The Hall–Kier alpha value is -2.12. The molecule has 2 aromatic rings. The Balaban J connectivity index is 2.11. The van der Waals surface area contributed by atoms with Gasteiger partial charge < -0.3 is 9.80 Å². The van der Waals surface area contributed by atoms with Crippen molar-refractivity contribution in [3.63, 3.8) is 0 Å². The summed E-state index contributed by atoms with van der Waals surface area (Å²) < 4.78 is 2.04. The highest BCUT2D eigenvalue weighted by Gasteiger charge is 2.26. The van der Waals surface area contributed by atoms with Crippen molar-refractivity contribution in [3.8, 4) is 0 Å². The quantitative estimate of drug-likeness (QED) is 0.754. The highest BCUT2D eigenvalue weighted by atomic mass is 32.2. The van der Waals surface area contributed by atoms with Crippen LogP contribution in [-0.2, 0) is 0 Å². The predicted octanol–water partition coefficient (Wildman–Crippen LogP) is 3.48. The fourth-order valence-electron chi connectivity index (χ4n) is 2.51. The molecule has 7 heteroatoms. The van der Waals surface area contributed by atoms with E-state index in [1.54, 1.807) is 23.1 Å². The molecule has 0 fully saturated rings. The van der Waals surface area contributed by atoms with Gasteiger partial charge in [-0.3, -0.25) is 4.58 Å². The van der Waals surface area contributed by atoms with Crippen molar-refractivity contribution in [2.24, 2.45) is 4.99 Å². The second kappa shape index (κ2) is 7.63. The van der Waals surface area contributed by atoms with Crippen LogP contribution in [0.4, 0.5) is 10.8 Å². The van der Waals surface area contributed by atoms with Gasteiger partial charge in [0.2, 0.25) is 0 Å². The highest BCUT2D eigenvalue weighted by Crippen LogP contribution is 2.39. The largest absolute Gasteiger partial charge is 0.378 e. The predicted molar refractivity (Wildman–Crippen MR) is 116 cm³/mol. The van der Waals surface area contributed by atoms with E-state index in [-0.39, 0.29) is 0 Å². The maximum Gasteiger partial charge on any atom is 0.359 e. The van der Waals surface area contributed by atoms with Crippen LogP contribution in [0.2, 0.25) is 0 Å². The van der Waals surface area contributed by atoms with E-state index in [9.17, 15) is 0 Å². The summed E-state index contributed by atoms with van der Waals surface area (Å²) in [5.41, 5.74) is 3.55. The van der Waals surface area contributed by atoms with E-state index in [4.69, 9.17) is 0 Å². The Labute approximate surface area is 163 Å². The molecule has 26 heavy (non-hydrogen) atoms. The van der Waals surface area contributed by atoms with Gasteiger partial charge in [0.25, 0.3) is 0 Å². The van der Waals surface area contributed by atoms with E-state index in [1.807, 2.05) is 50.1 Å². The third kappa shape index (κ3) is 3.83. The van der Waals surface area contributed by atoms with Gasteiger partial charge in [-0.05, 0) is 22.7 Å². The van der Waals surface area contributed by atoms with Gasteiger partial charge in [0.15, 0.2) is 11.3 Å². The van der Waals surface area contributed by atoms with E-state index in [1.165, 1.54) is 16.8 Å². The number of aromatic nitrogens is 1. The Bertz CT molecular complexity index is 885. The summed E-state index contributed by atoms with van der Waals surface area (Å²) in [7, 11) is 12.2. The highest BCUT2D eigenvalue weighted by molar-refractivity contribution is 8.18. The van der Waals surface area contributed by atoms with E-state index < -0.39 is 0 Å². The molecule has 2 heterocycles. The number of thioether (sulfide) groups is 1. The summed E-state index contributed by atoms with van der Waals surface area (Å²) in [6.07, 6.45) is 3.93. The minimum atomic E-state index is 1.000. The van der Waals surface area contributed by atoms with Crippen LogP contribution < -0.4 is 9.80 Å². The van der Waals surface area contributed by atoms with Crippen molar-refractivity contribution in [2.75, 3.05) is 52.1 Å². The lowest BCUT2D eigenvalue weighted by Crippen LogP contribution is -2.08. The number of aliphatic imine (C=N–C) groups is 1. The van der Waals surface area contributed by atoms with Gasteiger partial charge in [-0.15, -0.1) is 0 Å². The molecular formula is C19H24N5S2+. The van der Waals surface area contributed by atoms with Crippen molar-refractivity contribution in [1.82, 2.24) is 4.98 Å². The first-order chi connectivity index (χ1) is 12.4. The van der Waals surface area contributed by atoms with Crippen molar-refractivity contribution < 1.29 is 4.58 Å². The SMILES string of the molecule is CN(C)c1ccc(/C(=C2/C=NC(=[N+](C)C)S2)c2cnc(N(C)C)s2)cc1. The molecule has 0 unspecified atom stereocenters. The van der Waals surface area contributed by atoms with E-state index in [0.717, 1.165) is 20.1 Å². The van der Waals surface area contributed by atoms with Gasteiger partial charge in [0, 0.05) is 57.4 Å². The lowest BCUT2D eigenvalue weighted by atomic mass is 10.0. The smallest absolute Gasteiger partial charge is 0.359 e. The molecule has 0 amide bonds. The first kappa shape index (κ1) is 18.7. The topological polar surface area (TPSA) is 34.7 Å². The van der Waals surface area contributed by atoms with Crippen LogP contribution in [0.1, 0.15) is 10.4 Å². The number of nitrogens with zero attached hydrogens (tertiary/aromatic N) is 5. The van der Waals surface area contributed by atoms with Gasteiger partial charge in [-0.25, -0.2) is 4.98 Å². The maximum absolute atomic E-state index is 4.56. The number of hydrogen-bond acceptors (Lipinski definition) is 5. The minimum Gasteiger partial charge on any atom is -0.378 e. The molecule has 1 aromatic heterocycles. The standard InChI is InChI=1S/C19H24N5S2/c1-22(2)14-9-7-13(8-10-14)17(15-11-20-18(25-15)23(3)4)16-12-21-19(26-16)24(5)6/h7-12H,1-6H3/q+1. The molecule has 1 aromatic carbocycles. The maximum atomic E-state index is 4.56. The fraction of sp³-hybridized carbons (Fsp3) is 0.316. The number of thiazole rings is 1. The van der Waals surface area contributed by atoms with Gasteiger partial charge in [0.1, 0.15) is 0 Å². The normalized spacial score (nSPS) is 15.4. The average molecular weight is 387 g/mol. The summed E-state index contributed by atoms with van der Waals surface area (Å²) in [5.74, 6) is 0. The number of anilines is 2. The average Bonchev–Trinajstić information content (AvgIpc) is 3.26. The number of amidine groups is 1. The Morgan fingerprint density at radius 2 is 1.69 bits per heavy atom. The van der Waals surface area contributed by atoms with E-state index >= 15 is 0 Å². The van der Waals surface area contributed by atoms with Crippen molar-refractivity contribution in [2.45, 2.75) is 0 Å². The molecule has 0 radical (unpaired) electrons. The lowest BCUT2D eigenvalue weighted by Gasteiger charge is -2.14. The minimum absolute atomic E-state index is 1.000. The molecule has 5 nitrogen and oxygen atoms in total. The molecule has 0 N–H and O–H groups in total. The molecule has 0 atom stereocenters. The summed E-state index contributed by atoms with van der Waals surface area (Å²) in [6.45, 7) is 0. The van der Waals surface area contributed by atoms with Gasteiger partial charge in [-0.1, -0.05) is 23.5 Å². The molecule has 0 saturated heterocycles. The number of rotatable bonds is 4. The number of hydrogen-bond donors (Lipinski definition) is 0. The van der Waals surface area contributed by atoms with E-state index in [0.29, 0.717) is 0 Å². The summed E-state index contributed by atoms with van der Waals surface area (Å²) in [4.78, 5) is 15.6. The summed E-state index contributed by atoms with van der Waals surface area (Å²) >= 11 is 3.40. The molecule has 0 saturated carbocycles. The molecule has 0 aliphatic carbocycles. The zero-order valence-corrected chi connectivity index (χ0v) is 17.6. The summed E-state index contributed by atoms with van der Waals surface area (Å²) in [6, 6.07) is 8.65. The van der Waals surface area contributed by atoms with Crippen LogP contribution in [0.3, 0.4) is 0 Å². The van der Waals surface area contributed by atoms with Crippen LogP contribution in [0.5, 0.6) is 0 Å². The molecule has 1 aliphatic heterocycles. The zero-order chi connectivity index (χ0) is 18.8. The van der Waals surface area contributed by atoms with Crippen LogP contribution in [0.25, 0.3) is 5.57 Å². The second-order valence-electron chi connectivity index (χ2n) is 6.62. The van der Waals surface area contributed by atoms with Gasteiger partial charge in [-0.2, -0.15) is 0 Å². The first-order valence-corrected chi connectivity index (χ1v) is 9.92. The molecule has 0 spiro atoms. The fourth-order valence-corrected chi connectivity index (χ4v) is 4.41. The van der Waals surface area contributed by atoms with Crippen LogP contribution in [-0.4, -0.2) is 63.2 Å². The lowest BCUT2D eigenvalue weighted by molar-refractivity contribution is -0.462. The second-order valence-corrected chi connectivity index (χ2v) is 8.64. The molecule has 1 aliphatic rings. The Kier molecular flexibility index (Phi) is 5.48. The summed E-state index contributed by atoms with van der Waals surface area (Å²) in [5, 5.41) is 2.00. The molecule has 136 valence electrons.